The van der Waals surface area contributed by atoms with Gasteiger partial charge in [0.1, 0.15) is 5.82 Å². The largest absolute Gasteiger partial charge is 0.478 e. The standard InChI is InChI=1S/C16H10F4O2/c17-14-8-10(1-6-15(21)22)7-12(9-14)11-2-4-13(5-3-11)16(18,19)20/h1-9H,(H,21,22)/b6-1+. The molecule has 2 aromatic carbocycles. The van der Waals surface area contributed by atoms with Crippen LogP contribution in [0.4, 0.5) is 17.6 Å². The average molecular weight is 310 g/mol. The van der Waals surface area contributed by atoms with Crippen molar-refractivity contribution in [3.63, 3.8) is 0 Å². The third kappa shape index (κ3) is 3.94. The van der Waals surface area contributed by atoms with Gasteiger partial charge in [-0.05, 0) is 53.1 Å². The highest BCUT2D eigenvalue weighted by Gasteiger charge is 2.29. The Morgan fingerprint density at radius 3 is 2.18 bits per heavy atom. The summed E-state index contributed by atoms with van der Waals surface area (Å²) in [5.41, 5.74) is 0.271. The molecule has 0 radical (unpaired) electrons. The quantitative estimate of drug-likeness (QED) is 0.664. The molecule has 0 atom stereocenters. The van der Waals surface area contributed by atoms with E-state index in [9.17, 15) is 22.4 Å². The number of hydrogen-bond acceptors (Lipinski definition) is 1. The molecule has 0 aliphatic rings. The van der Waals surface area contributed by atoms with E-state index < -0.39 is 23.5 Å². The van der Waals surface area contributed by atoms with Crippen molar-refractivity contribution in [2.24, 2.45) is 0 Å². The van der Waals surface area contributed by atoms with Gasteiger partial charge in [-0.2, -0.15) is 13.2 Å². The number of alkyl halides is 3. The third-order valence-electron chi connectivity index (χ3n) is 2.88. The van der Waals surface area contributed by atoms with Crippen molar-refractivity contribution in [1.82, 2.24) is 0 Å². The van der Waals surface area contributed by atoms with E-state index >= 15 is 0 Å². The van der Waals surface area contributed by atoms with Crippen molar-refractivity contribution >= 4 is 12.0 Å². The third-order valence-corrected chi connectivity index (χ3v) is 2.88. The van der Waals surface area contributed by atoms with Gasteiger partial charge in [-0.3, -0.25) is 0 Å². The van der Waals surface area contributed by atoms with Crippen LogP contribution in [0.2, 0.25) is 0 Å². The van der Waals surface area contributed by atoms with Crippen LogP contribution in [0.1, 0.15) is 11.1 Å². The Morgan fingerprint density at radius 2 is 1.64 bits per heavy atom. The minimum Gasteiger partial charge on any atom is -0.478 e. The van der Waals surface area contributed by atoms with E-state index in [-0.39, 0.29) is 0 Å². The van der Waals surface area contributed by atoms with Crippen molar-refractivity contribution in [3.05, 3.63) is 65.5 Å². The molecule has 6 heteroatoms. The summed E-state index contributed by atoms with van der Waals surface area (Å²) in [6, 6.07) is 8.09. The maximum absolute atomic E-state index is 13.5. The summed E-state index contributed by atoms with van der Waals surface area (Å²) in [4.78, 5) is 10.5. The zero-order valence-electron chi connectivity index (χ0n) is 11.1. The van der Waals surface area contributed by atoms with E-state index in [0.717, 1.165) is 24.3 Å². The van der Waals surface area contributed by atoms with Crippen LogP contribution in [0.25, 0.3) is 17.2 Å². The molecule has 0 aromatic heterocycles. The smallest absolute Gasteiger partial charge is 0.416 e. The second-order valence-electron chi connectivity index (χ2n) is 4.52. The number of carboxylic acids is 1. The topological polar surface area (TPSA) is 37.3 Å². The first-order valence-corrected chi connectivity index (χ1v) is 6.15. The van der Waals surface area contributed by atoms with Crippen LogP contribution in [-0.2, 0) is 11.0 Å². The number of hydrogen-bond donors (Lipinski definition) is 1. The number of benzene rings is 2. The highest BCUT2D eigenvalue weighted by atomic mass is 19.4. The zero-order chi connectivity index (χ0) is 16.3. The summed E-state index contributed by atoms with van der Waals surface area (Å²) in [7, 11) is 0. The lowest BCUT2D eigenvalue weighted by atomic mass is 10.0. The summed E-state index contributed by atoms with van der Waals surface area (Å²) in [6.45, 7) is 0. The maximum Gasteiger partial charge on any atom is 0.416 e. The minimum absolute atomic E-state index is 0.303. The molecule has 0 amide bonds. The van der Waals surface area contributed by atoms with Crippen LogP contribution >= 0.6 is 0 Å². The molecule has 0 unspecified atom stereocenters. The monoisotopic (exact) mass is 310 g/mol. The predicted octanol–water partition coefficient (Wildman–Crippen LogP) is 4.61. The molecule has 0 heterocycles. The molecule has 0 aliphatic heterocycles. The Labute approximate surface area is 123 Å². The Balaban J connectivity index is 2.38. The van der Waals surface area contributed by atoms with E-state index in [1.165, 1.54) is 30.3 Å². The van der Waals surface area contributed by atoms with Crippen molar-refractivity contribution in [2.45, 2.75) is 6.18 Å². The van der Waals surface area contributed by atoms with Crippen LogP contribution in [-0.4, -0.2) is 11.1 Å². The van der Waals surface area contributed by atoms with Crippen LogP contribution in [0.5, 0.6) is 0 Å². The molecule has 0 fully saturated rings. The highest BCUT2D eigenvalue weighted by Crippen LogP contribution is 2.31. The Kier molecular flexibility index (Phi) is 4.30. The van der Waals surface area contributed by atoms with Gasteiger partial charge in [0.05, 0.1) is 5.56 Å². The number of rotatable bonds is 3. The lowest BCUT2D eigenvalue weighted by Gasteiger charge is -2.08. The van der Waals surface area contributed by atoms with E-state index in [0.29, 0.717) is 16.7 Å². The summed E-state index contributed by atoms with van der Waals surface area (Å²) in [6.07, 6.45) is -2.37. The Hall–Kier alpha value is -2.63. The van der Waals surface area contributed by atoms with Gasteiger partial charge in [-0.15, -0.1) is 0 Å². The molecule has 0 bridgehead atoms. The van der Waals surface area contributed by atoms with E-state index in [4.69, 9.17) is 5.11 Å². The fourth-order valence-electron chi connectivity index (χ4n) is 1.89. The number of carboxylic acid groups (broad SMARTS) is 1. The molecular formula is C16H10F4O2. The van der Waals surface area contributed by atoms with Crippen molar-refractivity contribution in [1.29, 1.82) is 0 Å². The Bertz CT molecular complexity index is 716. The first-order valence-electron chi connectivity index (χ1n) is 6.15. The predicted molar refractivity (Wildman–Crippen MR) is 73.5 cm³/mol. The molecule has 0 aliphatic carbocycles. The van der Waals surface area contributed by atoms with Crippen molar-refractivity contribution in [2.75, 3.05) is 0 Å². The molecule has 0 saturated carbocycles. The Morgan fingerprint density at radius 1 is 1.00 bits per heavy atom. The lowest BCUT2D eigenvalue weighted by molar-refractivity contribution is -0.137. The van der Waals surface area contributed by atoms with Gasteiger partial charge >= 0.3 is 12.1 Å². The van der Waals surface area contributed by atoms with Gasteiger partial charge < -0.3 is 5.11 Å². The molecule has 22 heavy (non-hydrogen) atoms. The molecule has 2 rings (SSSR count). The molecule has 1 N–H and O–H groups in total. The van der Waals surface area contributed by atoms with Gasteiger partial charge in [-0.25, -0.2) is 9.18 Å². The van der Waals surface area contributed by atoms with Crippen LogP contribution in [0.3, 0.4) is 0 Å². The zero-order valence-corrected chi connectivity index (χ0v) is 11.1. The second kappa shape index (κ2) is 6.01. The van der Waals surface area contributed by atoms with Crippen LogP contribution in [0.15, 0.2) is 48.5 Å². The molecule has 2 nitrogen and oxygen atoms in total. The number of halogens is 4. The molecular weight excluding hydrogens is 300 g/mol. The van der Waals surface area contributed by atoms with Crippen LogP contribution < -0.4 is 0 Å². The summed E-state index contributed by atoms with van der Waals surface area (Å²) in [5.74, 6) is -1.79. The SMILES string of the molecule is O=C(O)/C=C/c1cc(F)cc(-c2ccc(C(F)(F)F)cc2)c1. The van der Waals surface area contributed by atoms with Gasteiger partial charge in [-0.1, -0.05) is 12.1 Å². The normalized spacial score (nSPS) is 11.8. The van der Waals surface area contributed by atoms with Crippen LogP contribution in [0, 0.1) is 5.82 Å². The molecule has 0 spiro atoms. The molecule has 114 valence electrons. The van der Waals surface area contributed by atoms with E-state index in [2.05, 4.69) is 0 Å². The molecule has 2 aromatic rings. The van der Waals surface area contributed by atoms with Crippen molar-refractivity contribution < 1.29 is 27.5 Å². The summed E-state index contributed by atoms with van der Waals surface area (Å²) in [5, 5.41) is 8.55. The lowest BCUT2D eigenvalue weighted by Crippen LogP contribution is -2.04. The highest BCUT2D eigenvalue weighted by molar-refractivity contribution is 5.85. The first-order chi connectivity index (χ1) is 10.3. The summed E-state index contributed by atoms with van der Waals surface area (Å²) >= 11 is 0. The fraction of sp³-hybridized carbons (Fsp3) is 0.0625. The van der Waals surface area contributed by atoms with Gasteiger partial charge in [0, 0.05) is 6.08 Å². The van der Waals surface area contributed by atoms with E-state index in [1.807, 2.05) is 0 Å². The average Bonchev–Trinajstić information content (AvgIpc) is 2.44. The van der Waals surface area contributed by atoms with Gasteiger partial charge in [0.15, 0.2) is 0 Å². The molecule has 0 saturated heterocycles. The van der Waals surface area contributed by atoms with Crippen molar-refractivity contribution in [3.8, 4) is 11.1 Å². The summed E-state index contributed by atoms with van der Waals surface area (Å²) < 4.78 is 51.0. The maximum atomic E-state index is 13.5. The van der Waals surface area contributed by atoms with Gasteiger partial charge in [0.25, 0.3) is 0 Å². The number of aliphatic carboxylic acids is 1. The first kappa shape index (κ1) is 15.8. The number of carbonyl (C=O) groups is 1. The second-order valence-corrected chi connectivity index (χ2v) is 4.52. The minimum atomic E-state index is -4.43. The van der Waals surface area contributed by atoms with E-state index in [1.54, 1.807) is 0 Å². The van der Waals surface area contributed by atoms with Gasteiger partial charge in [0.2, 0.25) is 0 Å². The fourth-order valence-corrected chi connectivity index (χ4v) is 1.89.